The second-order valence-corrected chi connectivity index (χ2v) is 3.60. The van der Waals surface area contributed by atoms with Gasteiger partial charge in [0.25, 0.3) is 0 Å². The quantitative estimate of drug-likeness (QED) is 0.684. The van der Waals surface area contributed by atoms with Gasteiger partial charge in [0.2, 0.25) is 0 Å². The number of nitrogens with zero attached hydrogens (tertiary/aromatic N) is 3. The third kappa shape index (κ3) is 2.35. The molecule has 0 aromatic carbocycles. The van der Waals surface area contributed by atoms with Crippen LogP contribution in [0.2, 0.25) is 0 Å². The Bertz CT molecular complexity index is 265. The zero-order valence-corrected chi connectivity index (χ0v) is 9.70. The molecule has 0 spiro atoms. The van der Waals surface area contributed by atoms with Crippen molar-refractivity contribution in [2.45, 2.75) is 46.8 Å². The van der Waals surface area contributed by atoms with Crippen LogP contribution in [0.3, 0.4) is 0 Å². The Hall–Kier alpha value is -0.830. The van der Waals surface area contributed by atoms with Crippen molar-refractivity contribution in [2.24, 2.45) is 0 Å². The van der Waals surface area contributed by atoms with Gasteiger partial charge in [0.05, 0.1) is 6.54 Å². The summed E-state index contributed by atoms with van der Waals surface area (Å²) in [5.41, 5.74) is 0. The molecule has 0 radical (unpaired) electrons. The van der Waals surface area contributed by atoms with Gasteiger partial charge in [-0.3, -0.25) is 4.90 Å². The molecule has 0 amide bonds. The maximum absolute atomic E-state index is 4.31. The van der Waals surface area contributed by atoms with Gasteiger partial charge in [-0.05, 0) is 13.8 Å². The lowest BCUT2D eigenvalue weighted by Gasteiger charge is -2.30. The molecule has 0 saturated heterocycles. The van der Waals surface area contributed by atoms with E-state index in [1.54, 1.807) is 0 Å². The van der Waals surface area contributed by atoms with Crippen LogP contribution in [0.15, 0.2) is 12.4 Å². The van der Waals surface area contributed by atoms with Crippen molar-refractivity contribution in [1.82, 2.24) is 14.5 Å². The number of hydrogen-bond acceptors (Lipinski definition) is 2. The zero-order valence-electron chi connectivity index (χ0n) is 9.70. The monoisotopic (exact) mass is 195 g/mol. The Morgan fingerprint density at radius 2 is 2.00 bits per heavy atom. The van der Waals surface area contributed by atoms with Gasteiger partial charge in [-0.2, -0.15) is 0 Å². The highest BCUT2D eigenvalue weighted by Gasteiger charge is 2.17. The smallest absolute Gasteiger partial charge is 0.122 e. The first-order chi connectivity index (χ1) is 6.77. The summed E-state index contributed by atoms with van der Waals surface area (Å²) in [5, 5.41) is 0. The van der Waals surface area contributed by atoms with Crippen molar-refractivity contribution in [3.63, 3.8) is 0 Å². The lowest BCUT2D eigenvalue weighted by molar-refractivity contribution is 0.173. The topological polar surface area (TPSA) is 21.1 Å². The van der Waals surface area contributed by atoms with E-state index >= 15 is 0 Å². The largest absolute Gasteiger partial charge is 0.333 e. The predicted molar refractivity (Wildman–Crippen MR) is 59.1 cm³/mol. The molecule has 0 fully saturated rings. The van der Waals surface area contributed by atoms with E-state index in [2.05, 4.69) is 34.5 Å². The second kappa shape index (κ2) is 5.15. The molecule has 1 aromatic heterocycles. The average molecular weight is 195 g/mol. The molecule has 3 nitrogen and oxygen atoms in total. The molecule has 1 aliphatic rings. The summed E-state index contributed by atoms with van der Waals surface area (Å²) >= 11 is 0. The number of fused-ring (bicyclic) bond motifs is 1. The highest BCUT2D eigenvalue weighted by atomic mass is 15.2. The van der Waals surface area contributed by atoms with Crippen LogP contribution in [-0.4, -0.2) is 27.0 Å². The van der Waals surface area contributed by atoms with Gasteiger partial charge in [0, 0.05) is 31.5 Å². The number of aromatic nitrogens is 2. The maximum atomic E-state index is 4.31. The lowest BCUT2D eigenvalue weighted by atomic mass is 10.2. The standard InChI is InChI=1S/C9H15N3.C2H6/c1-8(2)12-6-5-11-4-3-10-9(11)7-12;1-2/h3-4,8H,5-7H2,1-2H3;1-2H3. The lowest BCUT2D eigenvalue weighted by Crippen LogP contribution is -2.38. The van der Waals surface area contributed by atoms with E-state index in [1.807, 2.05) is 20.0 Å². The number of imidazole rings is 1. The van der Waals surface area contributed by atoms with Crippen LogP contribution in [0, 0.1) is 0 Å². The Kier molecular flexibility index (Phi) is 4.14. The van der Waals surface area contributed by atoms with Crippen LogP contribution < -0.4 is 0 Å². The van der Waals surface area contributed by atoms with Crippen molar-refractivity contribution in [3.05, 3.63) is 18.2 Å². The minimum absolute atomic E-state index is 0.635. The minimum Gasteiger partial charge on any atom is -0.333 e. The van der Waals surface area contributed by atoms with E-state index in [0.29, 0.717) is 6.04 Å². The fraction of sp³-hybridized carbons (Fsp3) is 0.727. The predicted octanol–water partition coefficient (Wildman–Crippen LogP) is 2.13. The fourth-order valence-electron chi connectivity index (χ4n) is 1.63. The molecule has 0 aliphatic carbocycles. The molecule has 2 heterocycles. The van der Waals surface area contributed by atoms with Crippen LogP contribution in [0.5, 0.6) is 0 Å². The Balaban J connectivity index is 0.000000461. The summed E-state index contributed by atoms with van der Waals surface area (Å²) in [6, 6.07) is 0.635. The van der Waals surface area contributed by atoms with Crippen LogP contribution in [-0.2, 0) is 13.1 Å². The van der Waals surface area contributed by atoms with Crippen LogP contribution in [0.25, 0.3) is 0 Å². The molecular formula is C11H21N3. The van der Waals surface area contributed by atoms with E-state index in [4.69, 9.17) is 0 Å². The average Bonchev–Trinajstić information content (AvgIpc) is 2.67. The molecular weight excluding hydrogens is 174 g/mol. The van der Waals surface area contributed by atoms with Gasteiger partial charge in [-0.1, -0.05) is 13.8 Å². The molecule has 0 atom stereocenters. The van der Waals surface area contributed by atoms with Crippen molar-refractivity contribution in [3.8, 4) is 0 Å². The maximum Gasteiger partial charge on any atom is 0.122 e. The third-order valence-corrected chi connectivity index (χ3v) is 2.50. The van der Waals surface area contributed by atoms with Crippen molar-refractivity contribution in [1.29, 1.82) is 0 Å². The van der Waals surface area contributed by atoms with E-state index in [1.165, 1.54) is 5.82 Å². The van der Waals surface area contributed by atoms with Gasteiger partial charge in [-0.25, -0.2) is 4.98 Å². The SMILES string of the molecule is CC.CC(C)N1CCn2ccnc2C1. The number of rotatable bonds is 1. The summed E-state index contributed by atoms with van der Waals surface area (Å²) in [5.74, 6) is 1.20. The molecule has 1 aromatic rings. The summed E-state index contributed by atoms with van der Waals surface area (Å²) in [4.78, 5) is 6.76. The van der Waals surface area contributed by atoms with Gasteiger partial charge in [-0.15, -0.1) is 0 Å². The normalized spacial score (nSPS) is 16.1. The first kappa shape index (κ1) is 11.2. The van der Waals surface area contributed by atoms with Crippen molar-refractivity contribution < 1.29 is 0 Å². The van der Waals surface area contributed by atoms with Crippen LogP contribution in [0.4, 0.5) is 0 Å². The van der Waals surface area contributed by atoms with Crippen LogP contribution in [0.1, 0.15) is 33.5 Å². The zero-order chi connectivity index (χ0) is 10.6. The highest BCUT2D eigenvalue weighted by Crippen LogP contribution is 2.12. The molecule has 0 N–H and O–H groups in total. The summed E-state index contributed by atoms with van der Waals surface area (Å²) in [7, 11) is 0. The van der Waals surface area contributed by atoms with E-state index in [9.17, 15) is 0 Å². The molecule has 1 aliphatic heterocycles. The fourth-order valence-corrected chi connectivity index (χ4v) is 1.63. The summed E-state index contributed by atoms with van der Waals surface area (Å²) in [6.07, 6.45) is 3.95. The van der Waals surface area contributed by atoms with Gasteiger partial charge in [0.1, 0.15) is 5.82 Å². The number of hydrogen-bond donors (Lipinski definition) is 0. The summed E-state index contributed by atoms with van der Waals surface area (Å²) < 4.78 is 2.24. The first-order valence-electron chi connectivity index (χ1n) is 5.51. The Labute approximate surface area is 86.7 Å². The van der Waals surface area contributed by atoms with Crippen molar-refractivity contribution >= 4 is 0 Å². The van der Waals surface area contributed by atoms with E-state index in [0.717, 1.165) is 19.6 Å². The minimum atomic E-state index is 0.635. The molecule has 14 heavy (non-hydrogen) atoms. The molecule has 0 bridgehead atoms. The highest BCUT2D eigenvalue weighted by molar-refractivity contribution is 4.95. The molecule has 80 valence electrons. The Morgan fingerprint density at radius 1 is 1.29 bits per heavy atom. The van der Waals surface area contributed by atoms with E-state index < -0.39 is 0 Å². The molecule has 0 unspecified atom stereocenters. The molecule has 2 rings (SSSR count). The van der Waals surface area contributed by atoms with Gasteiger partial charge >= 0.3 is 0 Å². The van der Waals surface area contributed by atoms with E-state index in [-0.39, 0.29) is 0 Å². The van der Waals surface area contributed by atoms with Gasteiger partial charge in [0.15, 0.2) is 0 Å². The molecule has 3 heteroatoms. The third-order valence-electron chi connectivity index (χ3n) is 2.50. The van der Waals surface area contributed by atoms with Crippen LogP contribution >= 0.6 is 0 Å². The van der Waals surface area contributed by atoms with Gasteiger partial charge < -0.3 is 4.57 Å². The first-order valence-corrected chi connectivity index (χ1v) is 5.51. The molecule has 0 saturated carbocycles. The van der Waals surface area contributed by atoms with Crippen molar-refractivity contribution in [2.75, 3.05) is 6.54 Å². The summed E-state index contributed by atoms with van der Waals surface area (Å²) in [6.45, 7) is 11.7. The Morgan fingerprint density at radius 3 is 2.64 bits per heavy atom. The second-order valence-electron chi connectivity index (χ2n) is 3.60.